The van der Waals surface area contributed by atoms with Gasteiger partial charge < -0.3 is 10.1 Å². The van der Waals surface area contributed by atoms with Crippen molar-refractivity contribution in [2.75, 3.05) is 6.61 Å². The zero-order valence-corrected chi connectivity index (χ0v) is 12.9. The summed E-state index contributed by atoms with van der Waals surface area (Å²) in [4.78, 5) is 12.0. The fraction of sp³-hybridized carbons (Fsp3) is 0.500. The second kappa shape index (κ2) is 6.03. The van der Waals surface area contributed by atoms with Gasteiger partial charge in [0.15, 0.2) is 0 Å². The molecule has 0 spiro atoms. The van der Waals surface area contributed by atoms with E-state index in [9.17, 15) is 13.2 Å². The van der Waals surface area contributed by atoms with Gasteiger partial charge in [-0.1, -0.05) is 13.3 Å². The van der Waals surface area contributed by atoms with Crippen LogP contribution in [0.5, 0.6) is 5.75 Å². The van der Waals surface area contributed by atoms with Gasteiger partial charge in [-0.15, -0.1) is 0 Å². The van der Waals surface area contributed by atoms with Crippen molar-refractivity contribution in [3.05, 3.63) is 23.8 Å². The normalized spacial score (nSPS) is 20.9. The van der Waals surface area contributed by atoms with E-state index >= 15 is 0 Å². The number of hydrogen-bond acceptors (Lipinski definition) is 4. The van der Waals surface area contributed by atoms with E-state index < -0.39 is 10.0 Å². The third kappa shape index (κ3) is 3.74. The van der Waals surface area contributed by atoms with E-state index in [1.54, 1.807) is 13.0 Å². The van der Waals surface area contributed by atoms with E-state index in [1.807, 2.05) is 0 Å². The van der Waals surface area contributed by atoms with Crippen LogP contribution >= 0.6 is 0 Å². The zero-order valence-electron chi connectivity index (χ0n) is 12.1. The van der Waals surface area contributed by atoms with Gasteiger partial charge in [0.05, 0.1) is 6.61 Å². The topological polar surface area (TPSA) is 98.5 Å². The van der Waals surface area contributed by atoms with Crippen LogP contribution in [0.15, 0.2) is 23.1 Å². The Morgan fingerprint density at radius 2 is 2.14 bits per heavy atom. The molecule has 2 unspecified atom stereocenters. The molecule has 1 saturated carbocycles. The maximum atomic E-state index is 12.1. The predicted octanol–water partition coefficient (Wildman–Crippen LogP) is 1.26. The molecule has 21 heavy (non-hydrogen) atoms. The van der Waals surface area contributed by atoms with Crippen molar-refractivity contribution in [1.82, 2.24) is 5.32 Å². The lowest BCUT2D eigenvalue weighted by Gasteiger charge is -2.11. The fourth-order valence-corrected chi connectivity index (χ4v) is 2.97. The maximum Gasteiger partial charge on any atom is 0.251 e. The highest BCUT2D eigenvalue weighted by molar-refractivity contribution is 7.89. The van der Waals surface area contributed by atoms with Crippen LogP contribution in [0.1, 0.15) is 37.0 Å². The van der Waals surface area contributed by atoms with Crippen molar-refractivity contribution in [3.8, 4) is 5.75 Å². The number of nitrogens with one attached hydrogen (secondary N) is 1. The number of rotatable bonds is 6. The van der Waals surface area contributed by atoms with Crippen molar-refractivity contribution < 1.29 is 17.9 Å². The molecule has 0 aliphatic heterocycles. The first-order valence-electron chi connectivity index (χ1n) is 6.97. The quantitative estimate of drug-likeness (QED) is 0.826. The molecule has 116 valence electrons. The lowest BCUT2D eigenvalue weighted by Crippen LogP contribution is -2.27. The molecule has 6 nitrogen and oxygen atoms in total. The van der Waals surface area contributed by atoms with Crippen molar-refractivity contribution >= 4 is 15.9 Å². The van der Waals surface area contributed by atoms with E-state index in [1.165, 1.54) is 12.1 Å². The number of amides is 1. The largest absolute Gasteiger partial charge is 0.492 e. The Balaban J connectivity index is 2.23. The van der Waals surface area contributed by atoms with Crippen LogP contribution in [-0.4, -0.2) is 27.0 Å². The summed E-state index contributed by atoms with van der Waals surface area (Å²) in [6.45, 7) is 4.13. The highest BCUT2D eigenvalue weighted by Gasteiger charge is 2.36. The third-order valence-electron chi connectivity index (χ3n) is 3.58. The Bertz CT molecular complexity index is 642. The summed E-state index contributed by atoms with van der Waals surface area (Å²) in [5.41, 5.74) is 0.268. The third-order valence-corrected chi connectivity index (χ3v) is 4.51. The zero-order chi connectivity index (χ0) is 15.6. The van der Waals surface area contributed by atoms with Crippen molar-refractivity contribution in [1.29, 1.82) is 0 Å². The van der Waals surface area contributed by atoms with E-state index in [0.29, 0.717) is 12.5 Å². The van der Waals surface area contributed by atoms with E-state index in [-0.39, 0.29) is 28.2 Å². The summed E-state index contributed by atoms with van der Waals surface area (Å²) >= 11 is 0. The molecule has 1 aliphatic rings. The molecule has 1 fully saturated rings. The summed E-state index contributed by atoms with van der Waals surface area (Å²) in [5.74, 6) is 0.396. The fourth-order valence-electron chi connectivity index (χ4n) is 2.27. The minimum absolute atomic E-state index is 0.161. The van der Waals surface area contributed by atoms with Gasteiger partial charge >= 0.3 is 0 Å². The van der Waals surface area contributed by atoms with Crippen LogP contribution < -0.4 is 15.2 Å². The number of carbonyl (C=O) groups is 1. The molecule has 1 aromatic carbocycles. The molecule has 7 heteroatoms. The van der Waals surface area contributed by atoms with Gasteiger partial charge in [0.1, 0.15) is 10.6 Å². The number of ether oxygens (including phenoxy) is 1. The average Bonchev–Trinajstić information content (AvgIpc) is 3.16. The highest BCUT2D eigenvalue weighted by atomic mass is 32.2. The van der Waals surface area contributed by atoms with Crippen molar-refractivity contribution in [2.45, 2.75) is 37.6 Å². The molecule has 0 heterocycles. The Morgan fingerprint density at radius 1 is 1.43 bits per heavy atom. The summed E-state index contributed by atoms with van der Waals surface area (Å²) in [6.07, 6.45) is 2.00. The number of nitrogens with two attached hydrogens (primary N) is 1. The average molecular weight is 312 g/mol. The number of sulfonamides is 1. The SMILES string of the molecule is CCOc1ccc(C(=O)NC2CC2CC)cc1S(N)(=O)=O. The molecule has 0 radical (unpaired) electrons. The van der Waals surface area contributed by atoms with E-state index in [2.05, 4.69) is 12.2 Å². The van der Waals surface area contributed by atoms with Crippen LogP contribution in [0.25, 0.3) is 0 Å². The first-order valence-corrected chi connectivity index (χ1v) is 8.52. The Hall–Kier alpha value is -1.60. The number of primary sulfonamides is 1. The molecule has 0 bridgehead atoms. The number of carbonyl (C=O) groups excluding carboxylic acids is 1. The second-order valence-corrected chi connectivity index (χ2v) is 6.65. The second-order valence-electron chi connectivity index (χ2n) is 5.12. The highest BCUT2D eigenvalue weighted by Crippen LogP contribution is 2.33. The van der Waals surface area contributed by atoms with E-state index in [0.717, 1.165) is 12.8 Å². The van der Waals surface area contributed by atoms with Crippen LogP contribution in [0.3, 0.4) is 0 Å². The lowest BCUT2D eigenvalue weighted by molar-refractivity contribution is 0.0948. The number of hydrogen-bond donors (Lipinski definition) is 2. The molecule has 1 aliphatic carbocycles. The lowest BCUT2D eigenvalue weighted by atomic mass is 10.2. The van der Waals surface area contributed by atoms with Gasteiger partial charge in [-0.25, -0.2) is 13.6 Å². The Kier molecular flexibility index (Phi) is 4.53. The molecule has 3 N–H and O–H groups in total. The minimum atomic E-state index is -3.94. The molecular formula is C14H20N2O4S. The predicted molar refractivity (Wildman–Crippen MR) is 78.6 cm³/mol. The summed E-state index contributed by atoms with van der Waals surface area (Å²) < 4.78 is 28.4. The first-order chi connectivity index (χ1) is 9.86. The monoisotopic (exact) mass is 312 g/mol. The van der Waals surface area contributed by atoms with Gasteiger partial charge in [-0.05, 0) is 37.5 Å². The molecule has 0 aromatic heterocycles. The molecule has 1 aromatic rings. The standard InChI is InChI=1S/C14H20N2O4S/c1-3-9-7-11(9)16-14(17)10-5-6-12(20-4-2)13(8-10)21(15,18)19/h5-6,8-9,11H,3-4,7H2,1-2H3,(H,16,17)(H2,15,18,19). The number of benzene rings is 1. The van der Waals surface area contributed by atoms with Crippen LogP contribution in [0, 0.1) is 5.92 Å². The van der Waals surface area contributed by atoms with Gasteiger partial charge in [0.25, 0.3) is 5.91 Å². The summed E-state index contributed by atoms with van der Waals surface area (Å²) in [5, 5.41) is 8.06. The van der Waals surface area contributed by atoms with Crippen molar-refractivity contribution in [2.24, 2.45) is 11.1 Å². The van der Waals surface area contributed by atoms with Crippen LogP contribution in [0.2, 0.25) is 0 Å². The molecule has 2 atom stereocenters. The van der Waals surface area contributed by atoms with Gasteiger partial charge in [0, 0.05) is 11.6 Å². The van der Waals surface area contributed by atoms with E-state index in [4.69, 9.17) is 9.88 Å². The molecule has 1 amide bonds. The van der Waals surface area contributed by atoms with Crippen LogP contribution in [-0.2, 0) is 10.0 Å². The Morgan fingerprint density at radius 3 is 2.67 bits per heavy atom. The smallest absolute Gasteiger partial charge is 0.251 e. The molecular weight excluding hydrogens is 292 g/mol. The van der Waals surface area contributed by atoms with Gasteiger partial charge in [-0.2, -0.15) is 0 Å². The summed E-state index contributed by atoms with van der Waals surface area (Å²) in [6, 6.07) is 4.45. The summed E-state index contributed by atoms with van der Waals surface area (Å²) in [7, 11) is -3.94. The first kappa shape index (κ1) is 15.8. The Labute approximate surface area is 124 Å². The molecule has 2 rings (SSSR count). The van der Waals surface area contributed by atoms with Crippen molar-refractivity contribution in [3.63, 3.8) is 0 Å². The minimum Gasteiger partial charge on any atom is -0.492 e. The molecule has 0 saturated heterocycles. The van der Waals surface area contributed by atoms with Gasteiger partial charge in [-0.3, -0.25) is 4.79 Å². The van der Waals surface area contributed by atoms with Crippen LogP contribution in [0.4, 0.5) is 0 Å². The van der Waals surface area contributed by atoms with Gasteiger partial charge in [0.2, 0.25) is 10.0 Å². The maximum absolute atomic E-state index is 12.1.